The number of rotatable bonds is 4. The predicted molar refractivity (Wildman–Crippen MR) is 56.3 cm³/mol. The van der Waals surface area contributed by atoms with Crippen LogP contribution in [0.4, 0.5) is 10.1 Å². The van der Waals surface area contributed by atoms with Crippen LogP contribution in [-0.4, -0.2) is 25.4 Å². The highest BCUT2D eigenvalue weighted by Crippen LogP contribution is 2.17. The van der Waals surface area contributed by atoms with Crippen LogP contribution in [0.5, 0.6) is 0 Å². The lowest BCUT2D eigenvalue weighted by Crippen LogP contribution is -2.19. The number of hydrogen-bond donors (Lipinski definition) is 1. The number of aliphatic hydroxyl groups excluding tert-OH is 1. The number of benzene rings is 1. The lowest BCUT2D eigenvalue weighted by atomic mass is 10.1. The summed E-state index contributed by atoms with van der Waals surface area (Å²) in [6.07, 6.45) is -0.449. The minimum atomic E-state index is -0.449. The summed E-state index contributed by atoms with van der Waals surface area (Å²) in [4.78, 5) is 1.84. The Labute approximate surface area is 84.0 Å². The molecule has 0 radical (unpaired) electrons. The normalized spacial score (nSPS) is 12.6. The molecule has 0 spiro atoms. The van der Waals surface area contributed by atoms with Gasteiger partial charge in [0.2, 0.25) is 0 Å². The number of nitrogens with zero attached hydrogens (tertiary/aromatic N) is 1. The van der Waals surface area contributed by atoms with Gasteiger partial charge in [-0.3, -0.25) is 0 Å². The largest absolute Gasteiger partial charge is 0.389 e. The fraction of sp³-hybridized carbons (Fsp3) is 0.455. The molecule has 0 aliphatic rings. The van der Waals surface area contributed by atoms with Gasteiger partial charge in [-0.2, -0.15) is 0 Å². The summed E-state index contributed by atoms with van der Waals surface area (Å²) in [5, 5.41) is 9.28. The third kappa shape index (κ3) is 2.70. The van der Waals surface area contributed by atoms with Crippen LogP contribution in [0.1, 0.15) is 18.6 Å². The molecule has 14 heavy (non-hydrogen) atoms. The molecule has 1 aromatic carbocycles. The summed E-state index contributed by atoms with van der Waals surface area (Å²) >= 11 is 0. The van der Waals surface area contributed by atoms with Crippen molar-refractivity contribution in [2.45, 2.75) is 13.0 Å². The lowest BCUT2D eigenvalue weighted by Gasteiger charge is -2.17. The Balaban J connectivity index is 2.72. The molecule has 0 aromatic heterocycles. The van der Waals surface area contributed by atoms with Gasteiger partial charge in [0, 0.05) is 19.3 Å². The smallest absolute Gasteiger partial charge is 0.107 e. The van der Waals surface area contributed by atoms with Crippen LogP contribution in [0, 0.1) is 0 Å². The molecule has 0 amide bonds. The summed E-state index contributed by atoms with van der Waals surface area (Å²) in [7, 11) is 1.84. The zero-order chi connectivity index (χ0) is 10.6. The zero-order valence-electron chi connectivity index (χ0n) is 8.57. The molecule has 3 heteroatoms. The first-order valence-electron chi connectivity index (χ1n) is 4.70. The van der Waals surface area contributed by atoms with Crippen LogP contribution >= 0.6 is 0 Å². The van der Waals surface area contributed by atoms with Crippen LogP contribution in [-0.2, 0) is 0 Å². The number of hydrogen-bond acceptors (Lipinski definition) is 2. The number of aliphatic hydroxyl groups is 1. The fourth-order valence-electron chi connectivity index (χ4n) is 1.26. The molecule has 0 fully saturated rings. The minimum absolute atomic E-state index is 0.353. The number of anilines is 1. The fourth-order valence-corrected chi connectivity index (χ4v) is 1.26. The van der Waals surface area contributed by atoms with Gasteiger partial charge < -0.3 is 10.0 Å². The molecule has 1 unspecified atom stereocenters. The zero-order valence-corrected chi connectivity index (χ0v) is 8.57. The highest BCUT2D eigenvalue weighted by Gasteiger charge is 2.02. The second kappa shape index (κ2) is 4.96. The third-order valence-corrected chi connectivity index (χ3v) is 2.24. The maximum Gasteiger partial charge on any atom is 0.107 e. The standard InChI is InChI=1S/C11H16FNO/c1-9(14)10-3-5-11(6-4-10)13(2)8-7-12/h3-6,9,14H,7-8H2,1-2H3. The molecule has 0 saturated heterocycles. The molecular formula is C11H16FNO. The Morgan fingerprint density at radius 1 is 1.36 bits per heavy atom. The first kappa shape index (κ1) is 11.0. The summed E-state index contributed by atoms with van der Waals surface area (Å²) in [5.41, 5.74) is 1.84. The molecule has 78 valence electrons. The van der Waals surface area contributed by atoms with Gasteiger partial charge in [-0.15, -0.1) is 0 Å². The van der Waals surface area contributed by atoms with Gasteiger partial charge in [-0.05, 0) is 24.6 Å². The van der Waals surface area contributed by atoms with Gasteiger partial charge in [0.25, 0.3) is 0 Å². The topological polar surface area (TPSA) is 23.5 Å². The van der Waals surface area contributed by atoms with Crippen molar-refractivity contribution in [2.24, 2.45) is 0 Å². The molecule has 1 aromatic rings. The first-order chi connectivity index (χ1) is 6.65. The van der Waals surface area contributed by atoms with Crippen molar-refractivity contribution >= 4 is 5.69 Å². The second-order valence-electron chi connectivity index (χ2n) is 3.38. The summed E-state index contributed by atoms with van der Waals surface area (Å²) < 4.78 is 12.1. The monoisotopic (exact) mass is 197 g/mol. The van der Waals surface area contributed by atoms with Crippen LogP contribution in [0.25, 0.3) is 0 Å². The van der Waals surface area contributed by atoms with Gasteiger partial charge in [0.15, 0.2) is 0 Å². The predicted octanol–water partition coefficient (Wildman–Crippen LogP) is 2.15. The Morgan fingerprint density at radius 2 is 1.93 bits per heavy atom. The van der Waals surface area contributed by atoms with E-state index in [4.69, 9.17) is 0 Å². The lowest BCUT2D eigenvalue weighted by molar-refractivity contribution is 0.199. The van der Waals surface area contributed by atoms with E-state index in [9.17, 15) is 9.50 Å². The van der Waals surface area contributed by atoms with Crippen molar-refractivity contribution in [1.82, 2.24) is 0 Å². The van der Waals surface area contributed by atoms with Crippen molar-refractivity contribution in [2.75, 3.05) is 25.2 Å². The first-order valence-corrected chi connectivity index (χ1v) is 4.70. The second-order valence-corrected chi connectivity index (χ2v) is 3.38. The van der Waals surface area contributed by atoms with Gasteiger partial charge in [-0.1, -0.05) is 12.1 Å². The van der Waals surface area contributed by atoms with E-state index in [1.54, 1.807) is 6.92 Å². The number of halogens is 1. The van der Waals surface area contributed by atoms with Crippen LogP contribution in [0.2, 0.25) is 0 Å². The molecule has 1 atom stereocenters. The Bertz CT molecular complexity index is 271. The molecule has 0 heterocycles. The third-order valence-electron chi connectivity index (χ3n) is 2.24. The summed E-state index contributed by atoms with van der Waals surface area (Å²) in [6.45, 7) is 1.77. The van der Waals surface area contributed by atoms with Gasteiger partial charge in [0.1, 0.15) is 6.67 Å². The van der Waals surface area contributed by atoms with Crippen LogP contribution in [0.15, 0.2) is 24.3 Å². The van der Waals surface area contributed by atoms with E-state index in [1.165, 1.54) is 0 Å². The van der Waals surface area contributed by atoms with E-state index in [1.807, 2.05) is 36.2 Å². The highest BCUT2D eigenvalue weighted by molar-refractivity contribution is 5.47. The van der Waals surface area contributed by atoms with Crippen molar-refractivity contribution < 1.29 is 9.50 Å². The quantitative estimate of drug-likeness (QED) is 0.799. The van der Waals surface area contributed by atoms with E-state index < -0.39 is 6.10 Å². The molecule has 1 rings (SSSR count). The average Bonchev–Trinajstić information content (AvgIpc) is 2.18. The van der Waals surface area contributed by atoms with E-state index in [2.05, 4.69) is 0 Å². The van der Waals surface area contributed by atoms with E-state index >= 15 is 0 Å². The molecule has 1 N–H and O–H groups in total. The molecule has 2 nitrogen and oxygen atoms in total. The van der Waals surface area contributed by atoms with Gasteiger partial charge in [-0.25, -0.2) is 4.39 Å². The molecule has 0 aliphatic carbocycles. The molecule has 0 saturated carbocycles. The van der Waals surface area contributed by atoms with E-state index in [0.717, 1.165) is 11.3 Å². The maximum atomic E-state index is 12.1. The summed E-state index contributed by atoms with van der Waals surface area (Å²) in [6, 6.07) is 7.49. The Hall–Kier alpha value is -1.09. The van der Waals surface area contributed by atoms with Gasteiger partial charge in [0.05, 0.1) is 6.10 Å². The number of alkyl halides is 1. The Kier molecular flexibility index (Phi) is 3.89. The average molecular weight is 197 g/mol. The highest BCUT2D eigenvalue weighted by atomic mass is 19.1. The van der Waals surface area contributed by atoms with E-state index in [-0.39, 0.29) is 6.67 Å². The van der Waals surface area contributed by atoms with E-state index in [0.29, 0.717) is 6.54 Å². The summed E-state index contributed by atoms with van der Waals surface area (Å²) in [5.74, 6) is 0. The Morgan fingerprint density at radius 3 is 2.36 bits per heavy atom. The van der Waals surface area contributed by atoms with Crippen molar-refractivity contribution in [3.05, 3.63) is 29.8 Å². The minimum Gasteiger partial charge on any atom is -0.389 e. The molecule has 0 aliphatic heterocycles. The van der Waals surface area contributed by atoms with Crippen molar-refractivity contribution in [3.8, 4) is 0 Å². The van der Waals surface area contributed by atoms with Gasteiger partial charge >= 0.3 is 0 Å². The molecule has 0 bridgehead atoms. The van der Waals surface area contributed by atoms with Crippen LogP contribution < -0.4 is 4.90 Å². The van der Waals surface area contributed by atoms with Crippen LogP contribution in [0.3, 0.4) is 0 Å². The maximum absolute atomic E-state index is 12.1. The van der Waals surface area contributed by atoms with Crippen molar-refractivity contribution in [1.29, 1.82) is 0 Å². The SMILES string of the molecule is CC(O)c1ccc(N(C)CCF)cc1. The molecular weight excluding hydrogens is 181 g/mol. The van der Waals surface area contributed by atoms with Crippen molar-refractivity contribution in [3.63, 3.8) is 0 Å².